The minimum atomic E-state index is -0.323. The van der Waals surface area contributed by atoms with Crippen molar-refractivity contribution < 1.29 is 23.5 Å². The molecule has 37 heavy (non-hydrogen) atoms. The monoisotopic (exact) mass is 526 g/mol. The average Bonchev–Trinajstić information content (AvgIpc) is 3.42. The van der Waals surface area contributed by atoms with E-state index in [0.717, 1.165) is 23.3 Å². The van der Waals surface area contributed by atoms with Crippen LogP contribution >= 0.6 is 11.3 Å². The van der Waals surface area contributed by atoms with Crippen molar-refractivity contribution >= 4 is 23.2 Å². The standard InChI is InChI=1S/C29H35FN2O4S/c1-3-4-18-36-26-14-10-24(11-15-26)29(34)31(16-6-17-35-2)22-28(33)32(21-27-7-5-19-37-27)20-23-8-12-25(30)13-9-23/h5,7-15,19H,3-4,6,16-18,20-22H2,1-2H3. The maximum Gasteiger partial charge on any atom is 0.254 e. The molecule has 0 unspecified atom stereocenters. The fraction of sp³-hybridized carbons (Fsp3) is 0.379. The van der Waals surface area contributed by atoms with Crippen LogP contribution in [0.15, 0.2) is 66.0 Å². The van der Waals surface area contributed by atoms with E-state index < -0.39 is 0 Å². The van der Waals surface area contributed by atoms with Gasteiger partial charge in [0.1, 0.15) is 18.1 Å². The van der Waals surface area contributed by atoms with E-state index in [-0.39, 0.29) is 24.2 Å². The van der Waals surface area contributed by atoms with Gasteiger partial charge in [-0.05, 0) is 66.2 Å². The molecule has 0 atom stereocenters. The molecule has 2 amide bonds. The molecule has 0 N–H and O–H groups in total. The molecule has 8 heteroatoms. The molecular formula is C29H35FN2O4S. The summed E-state index contributed by atoms with van der Waals surface area (Å²) in [6.45, 7) is 4.27. The van der Waals surface area contributed by atoms with Crippen molar-refractivity contribution in [3.05, 3.63) is 87.9 Å². The van der Waals surface area contributed by atoms with Gasteiger partial charge in [0.15, 0.2) is 0 Å². The second kappa shape index (κ2) is 15.1. The summed E-state index contributed by atoms with van der Waals surface area (Å²) in [6, 6.07) is 17.1. The lowest BCUT2D eigenvalue weighted by Crippen LogP contribution is -2.43. The van der Waals surface area contributed by atoms with E-state index in [1.165, 1.54) is 12.1 Å². The van der Waals surface area contributed by atoms with Crippen LogP contribution in [0.2, 0.25) is 0 Å². The SMILES string of the molecule is CCCCOc1ccc(C(=O)N(CCCOC)CC(=O)N(Cc2ccc(F)cc2)Cc2cccs2)cc1. The number of thiophene rings is 1. The van der Waals surface area contributed by atoms with E-state index in [0.29, 0.717) is 50.6 Å². The number of methoxy groups -OCH3 is 1. The van der Waals surface area contributed by atoms with Gasteiger partial charge < -0.3 is 19.3 Å². The normalized spacial score (nSPS) is 10.8. The third-order valence-electron chi connectivity index (χ3n) is 5.82. The highest BCUT2D eigenvalue weighted by Gasteiger charge is 2.23. The van der Waals surface area contributed by atoms with Crippen LogP contribution in [-0.2, 0) is 22.6 Å². The van der Waals surface area contributed by atoms with Gasteiger partial charge in [-0.2, -0.15) is 0 Å². The minimum Gasteiger partial charge on any atom is -0.494 e. The molecule has 1 heterocycles. The first-order valence-corrected chi connectivity index (χ1v) is 13.4. The molecule has 0 aliphatic carbocycles. The van der Waals surface area contributed by atoms with Crippen molar-refractivity contribution in [2.45, 2.75) is 39.3 Å². The molecule has 0 bridgehead atoms. The summed E-state index contributed by atoms with van der Waals surface area (Å²) in [7, 11) is 1.61. The third-order valence-corrected chi connectivity index (χ3v) is 6.69. The Labute approximate surface area is 222 Å². The quantitative estimate of drug-likeness (QED) is 0.236. The lowest BCUT2D eigenvalue weighted by atomic mass is 10.1. The molecule has 3 aromatic rings. The highest BCUT2D eigenvalue weighted by Crippen LogP contribution is 2.18. The molecular weight excluding hydrogens is 491 g/mol. The molecule has 0 fully saturated rings. The number of hydrogen-bond donors (Lipinski definition) is 0. The van der Waals surface area contributed by atoms with Crippen molar-refractivity contribution in [3.63, 3.8) is 0 Å². The van der Waals surface area contributed by atoms with E-state index in [4.69, 9.17) is 9.47 Å². The fourth-order valence-corrected chi connectivity index (χ4v) is 4.48. The number of carbonyl (C=O) groups is 2. The highest BCUT2D eigenvalue weighted by atomic mass is 32.1. The molecule has 0 spiro atoms. The van der Waals surface area contributed by atoms with Crippen molar-refractivity contribution in [1.29, 1.82) is 0 Å². The van der Waals surface area contributed by atoms with E-state index >= 15 is 0 Å². The number of nitrogens with zero attached hydrogens (tertiary/aromatic N) is 2. The number of carbonyl (C=O) groups excluding carboxylic acids is 2. The number of benzene rings is 2. The third kappa shape index (κ3) is 9.30. The van der Waals surface area contributed by atoms with Gasteiger partial charge >= 0.3 is 0 Å². The van der Waals surface area contributed by atoms with Crippen molar-refractivity contribution in [2.75, 3.05) is 33.4 Å². The Morgan fingerprint density at radius 3 is 2.32 bits per heavy atom. The van der Waals surface area contributed by atoms with Gasteiger partial charge in [-0.3, -0.25) is 9.59 Å². The number of halogens is 1. The molecule has 198 valence electrons. The van der Waals surface area contributed by atoms with E-state index in [1.54, 1.807) is 64.6 Å². The molecule has 0 radical (unpaired) electrons. The Morgan fingerprint density at radius 1 is 0.919 bits per heavy atom. The number of ether oxygens (including phenoxy) is 2. The van der Waals surface area contributed by atoms with Gasteiger partial charge in [-0.15, -0.1) is 11.3 Å². The molecule has 2 aromatic carbocycles. The number of rotatable bonds is 15. The molecule has 0 aliphatic heterocycles. The molecule has 0 saturated carbocycles. The largest absolute Gasteiger partial charge is 0.494 e. The summed E-state index contributed by atoms with van der Waals surface area (Å²) >= 11 is 1.57. The zero-order valence-electron chi connectivity index (χ0n) is 21.5. The topological polar surface area (TPSA) is 59.1 Å². The Hall–Kier alpha value is -3.23. The fourth-order valence-electron chi connectivity index (χ4n) is 3.76. The summed E-state index contributed by atoms with van der Waals surface area (Å²) in [5.74, 6) is -0.00422. The Bertz CT molecular complexity index is 1090. The van der Waals surface area contributed by atoms with Crippen LogP contribution in [0.4, 0.5) is 4.39 Å². The van der Waals surface area contributed by atoms with Crippen molar-refractivity contribution in [1.82, 2.24) is 9.80 Å². The lowest BCUT2D eigenvalue weighted by Gasteiger charge is -2.28. The van der Waals surface area contributed by atoms with Crippen LogP contribution in [0.5, 0.6) is 5.75 Å². The average molecular weight is 527 g/mol. The van der Waals surface area contributed by atoms with Gasteiger partial charge in [0.05, 0.1) is 13.2 Å². The van der Waals surface area contributed by atoms with Crippen LogP contribution in [0, 0.1) is 5.82 Å². The second-order valence-corrected chi connectivity index (χ2v) is 9.79. The minimum absolute atomic E-state index is 0.0656. The van der Waals surface area contributed by atoms with Crippen molar-refractivity contribution in [2.24, 2.45) is 0 Å². The van der Waals surface area contributed by atoms with Gasteiger partial charge in [-0.1, -0.05) is 31.5 Å². The molecule has 6 nitrogen and oxygen atoms in total. The predicted octanol–water partition coefficient (Wildman–Crippen LogP) is 5.77. The summed E-state index contributed by atoms with van der Waals surface area (Å²) in [5.41, 5.74) is 1.32. The van der Waals surface area contributed by atoms with Crippen molar-refractivity contribution in [3.8, 4) is 5.75 Å². The van der Waals surface area contributed by atoms with Crippen LogP contribution in [0.25, 0.3) is 0 Å². The van der Waals surface area contributed by atoms with Gasteiger partial charge in [0.25, 0.3) is 5.91 Å². The second-order valence-electron chi connectivity index (χ2n) is 8.76. The van der Waals surface area contributed by atoms with Gasteiger partial charge in [0.2, 0.25) is 5.91 Å². The van der Waals surface area contributed by atoms with Crippen LogP contribution < -0.4 is 4.74 Å². The zero-order valence-corrected chi connectivity index (χ0v) is 22.3. The maximum absolute atomic E-state index is 13.5. The van der Waals surface area contributed by atoms with Crippen LogP contribution in [-0.4, -0.2) is 55.0 Å². The van der Waals surface area contributed by atoms with Gasteiger partial charge in [0, 0.05) is 37.2 Å². The van der Waals surface area contributed by atoms with Gasteiger partial charge in [-0.25, -0.2) is 4.39 Å². The summed E-state index contributed by atoms with van der Waals surface area (Å²) in [5, 5.41) is 1.96. The summed E-state index contributed by atoms with van der Waals surface area (Å²) < 4.78 is 24.3. The van der Waals surface area contributed by atoms with E-state index in [9.17, 15) is 14.0 Å². The first-order chi connectivity index (χ1) is 18.0. The number of hydrogen-bond acceptors (Lipinski definition) is 5. The molecule has 3 rings (SSSR count). The first kappa shape index (κ1) is 28.3. The number of amides is 2. The Kier molecular flexibility index (Phi) is 11.6. The summed E-state index contributed by atoms with van der Waals surface area (Å²) in [6.07, 6.45) is 2.62. The maximum atomic E-state index is 13.5. The Balaban J connectivity index is 1.74. The van der Waals surface area contributed by atoms with E-state index in [2.05, 4.69) is 6.92 Å². The highest BCUT2D eigenvalue weighted by molar-refractivity contribution is 7.09. The number of unbranched alkanes of at least 4 members (excludes halogenated alkanes) is 1. The zero-order chi connectivity index (χ0) is 26.5. The summed E-state index contributed by atoms with van der Waals surface area (Å²) in [4.78, 5) is 31.3. The lowest BCUT2D eigenvalue weighted by molar-refractivity contribution is -0.133. The van der Waals surface area contributed by atoms with Crippen LogP contribution in [0.3, 0.4) is 0 Å². The van der Waals surface area contributed by atoms with Crippen LogP contribution in [0.1, 0.15) is 47.0 Å². The predicted molar refractivity (Wildman–Crippen MR) is 144 cm³/mol. The molecule has 0 aliphatic rings. The molecule has 1 aromatic heterocycles. The smallest absolute Gasteiger partial charge is 0.254 e. The van der Waals surface area contributed by atoms with E-state index in [1.807, 2.05) is 17.5 Å². The Morgan fingerprint density at radius 2 is 1.68 bits per heavy atom. The molecule has 0 saturated heterocycles. The first-order valence-electron chi connectivity index (χ1n) is 12.6.